The lowest BCUT2D eigenvalue weighted by molar-refractivity contribution is 0.280. The van der Waals surface area contributed by atoms with E-state index in [2.05, 4.69) is 32.3 Å². The maximum Gasteiger partial charge on any atom is 0.123 e. The molecular formula is C21H35NO2. The van der Waals surface area contributed by atoms with Crippen molar-refractivity contribution in [1.29, 1.82) is 0 Å². The summed E-state index contributed by atoms with van der Waals surface area (Å²) in [6.45, 7) is 12.7. The lowest BCUT2D eigenvalue weighted by Crippen LogP contribution is -2.25. The highest BCUT2D eigenvalue weighted by atomic mass is 16.3. The highest BCUT2D eigenvalue weighted by Gasteiger charge is 2.18. The standard InChI is InChI=1S/C21H35NO2/c1-5-9-10-14-22(13-8-4)16-19-18(12-7-3)20(23)15-17(11-6-2)21(19)24/h8,15,23-24H,4-7,9-14,16H2,1-3H3. The van der Waals surface area contributed by atoms with Crippen LogP contribution >= 0.6 is 0 Å². The molecule has 0 atom stereocenters. The van der Waals surface area contributed by atoms with E-state index in [1.807, 2.05) is 6.08 Å². The number of nitrogens with zero attached hydrogens (tertiary/aromatic N) is 1. The molecule has 3 heteroatoms. The van der Waals surface area contributed by atoms with Crippen LogP contribution in [0.4, 0.5) is 0 Å². The Hall–Kier alpha value is -1.48. The molecule has 0 aliphatic heterocycles. The van der Waals surface area contributed by atoms with E-state index >= 15 is 0 Å². The number of hydrogen-bond acceptors (Lipinski definition) is 3. The Morgan fingerprint density at radius 3 is 2.29 bits per heavy atom. The molecule has 3 nitrogen and oxygen atoms in total. The summed E-state index contributed by atoms with van der Waals surface area (Å²) >= 11 is 0. The van der Waals surface area contributed by atoms with Crippen LogP contribution in [0.25, 0.3) is 0 Å². The third-order valence-corrected chi connectivity index (χ3v) is 4.44. The smallest absolute Gasteiger partial charge is 0.123 e. The molecule has 0 fully saturated rings. The van der Waals surface area contributed by atoms with Gasteiger partial charge in [0.25, 0.3) is 0 Å². The second-order valence-electron chi connectivity index (χ2n) is 6.59. The van der Waals surface area contributed by atoms with Gasteiger partial charge in [-0.3, -0.25) is 4.90 Å². The minimum atomic E-state index is 0.334. The first kappa shape index (κ1) is 20.6. The Kier molecular flexibility index (Phi) is 9.55. The molecule has 0 saturated carbocycles. The monoisotopic (exact) mass is 333 g/mol. The molecule has 136 valence electrons. The van der Waals surface area contributed by atoms with Gasteiger partial charge in [0.15, 0.2) is 0 Å². The number of aromatic hydroxyl groups is 2. The van der Waals surface area contributed by atoms with E-state index in [1.165, 1.54) is 12.8 Å². The van der Waals surface area contributed by atoms with Gasteiger partial charge in [0, 0.05) is 24.2 Å². The summed E-state index contributed by atoms with van der Waals surface area (Å²) in [4.78, 5) is 2.31. The van der Waals surface area contributed by atoms with Crippen LogP contribution in [-0.4, -0.2) is 28.2 Å². The van der Waals surface area contributed by atoms with Crippen LogP contribution in [0.1, 0.15) is 69.6 Å². The van der Waals surface area contributed by atoms with Crippen molar-refractivity contribution in [2.75, 3.05) is 13.1 Å². The first-order chi connectivity index (χ1) is 11.6. The molecule has 1 aromatic carbocycles. The van der Waals surface area contributed by atoms with Crippen molar-refractivity contribution in [1.82, 2.24) is 4.90 Å². The maximum atomic E-state index is 10.8. The molecule has 0 aliphatic carbocycles. The second kappa shape index (κ2) is 11.1. The maximum absolute atomic E-state index is 10.8. The fraction of sp³-hybridized carbons (Fsp3) is 0.619. The molecule has 1 aromatic rings. The summed E-state index contributed by atoms with van der Waals surface area (Å²) < 4.78 is 0. The molecule has 0 aromatic heterocycles. The van der Waals surface area contributed by atoms with Crippen molar-refractivity contribution in [3.05, 3.63) is 35.4 Å². The summed E-state index contributed by atoms with van der Waals surface area (Å²) in [5.41, 5.74) is 2.66. The molecule has 0 bridgehead atoms. The first-order valence-corrected chi connectivity index (χ1v) is 9.47. The highest BCUT2D eigenvalue weighted by Crippen LogP contribution is 2.35. The second-order valence-corrected chi connectivity index (χ2v) is 6.59. The van der Waals surface area contributed by atoms with E-state index in [-0.39, 0.29) is 0 Å². The summed E-state index contributed by atoms with van der Waals surface area (Å²) in [6, 6.07) is 1.75. The van der Waals surface area contributed by atoms with Crippen LogP contribution in [-0.2, 0) is 19.4 Å². The summed E-state index contributed by atoms with van der Waals surface area (Å²) in [5.74, 6) is 0.711. The van der Waals surface area contributed by atoms with Gasteiger partial charge in [0.1, 0.15) is 11.5 Å². The van der Waals surface area contributed by atoms with Gasteiger partial charge in [-0.2, -0.15) is 0 Å². The highest BCUT2D eigenvalue weighted by molar-refractivity contribution is 5.52. The van der Waals surface area contributed by atoms with Gasteiger partial charge in [0.2, 0.25) is 0 Å². The first-order valence-electron chi connectivity index (χ1n) is 9.47. The number of rotatable bonds is 12. The molecule has 1 rings (SSSR count). The third kappa shape index (κ3) is 5.86. The van der Waals surface area contributed by atoms with Crippen molar-refractivity contribution < 1.29 is 10.2 Å². The Labute approximate surface area is 148 Å². The zero-order valence-electron chi connectivity index (χ0n) is 15.8. The molecule has 0 amide bonds. The molecule has 0 spiro atoms. The normalized spacial score (nSPS) is 11.2. The number of benzene rings is 1. The quantitative estimate of drug-likeness (QED) is 0.315. The van der Waals surface area contributed by atoms with E-state index in [1.54, 1.807) is 6.07 Å². The summed E-state index contributed by atoms with van der Waals surface area (Å²) in [7, 11) is 0. The van der Waals surface area contributed by atoms with E-state index in [4.69, 9.17) is 0 Å². The fourth-order valence-electron chi connectivity index (χ4n) is 3.20. The van der Waals surface area contributed by atoms with Crippen LogP contribution < -0.4 is 0 Å². The zero-order chi connectivity index (χ0) is 17.9. The third-order valence-electron chi connectivity index (χ3n) is 4.44. The van der Waals surface area contributed by atoms with Crippen molar-refractivity contribution in [2.24, 2.45) is 0 Å². The van der Waals surface area contributed by atoms with Crippen LogP contribution in [0.15, 0.2) is 18.7 Å². The Bertz CT molecular complexity index is 511. The Balaban J connectivity index is 3.13. The number of aryl methyl sites for hydroxylation is 1. The zero-order valence-corrected chi connectivity index (χ0v) is 15.8. The van der Waals surface area contributed by atoms with Gasteiger partial charge in [-0.1, -0.05) is 52.5 Å². The molecule has 0 radical (unpaired) electrons. The average molecular weight is 334 g/mol. The van der Waals surface area contributed by atoms with Gasteiger partial charge in [-0.25, -0.2) is 0 Å². The number of phenols is 2. The topological polar surface area (TPSA) is 43.7 Å². The van der Waals surface area contributed by atoms with Crippen molar-refractivity contribution in [2.45, 2.75) is 72.3 Å². The summed E-state index contributed by atoms with van der Waals surface area (Å²) in [5, 5.41) is 21.2. The summed E-state index contributed by atoms with van der Waals surface area (Å²) in [6.07, 6.45) is 8.95. The molecule has 0 unspecified atom stereocenters. The number of phenolic OH excluding ortho intramolecular Hbond substituents is 2. The molecule has 2 N–H and O–H groups in total. The van der Waals surface area contributed by atoms with Crippen LogP contribution in [0.5, 0.6) is 11.5 Å². The Morgan fingerprint density at radius 1 is 1.00 bits per heavy atom. The molecule has 24 heavy (non-hydrogen) atoms. The molecular weight excluding hydrogens is 298 g/mol. The number of unbranched alkanes of at least 4 members (excludes halogenated alkanes) is 2. The minimum absolute atomic E-state index is 0.334. The molecule has 0 aliphatic rings. The van der Waals surface area contributed by atoms with Gasteiger partial charge in [-0.05, 0) is 37.4 Å². The Morgan fingerprint density at radius 2 is 1.71 bits per heavy atom. The lowest BCUT2D eigenvalue weighted by Gasteiger charge is -2.24. The van der Waals surface area contributed by atoms with Gasteiger partial charge in [-0.15, -0.1) is 6.58 Å². The van der Waals surface area contributed by atoms with Gasteiger partial charge in [0.05, 0.1) is 0 Å². The van der Waals surface area contributed by atoms with Gasteiger partial charge >= 0.3 is 0 Å². The van der Waals surface area contributed by atoms with Crippen LogP contribution in [0, 0.1) is 0 Å². The largest absolute Gasteiger partial charge is 0.508 e. The minimum Gasteiger partial charge on any atom is -0.508 e. The fourth-order valence-corrected chi connectivity index (χ4v) is 3.20. The number of hydrogen-bond donors (Lipinski definition) is 2. The van der Waals surface area contributed by atoms with E-state index in [0.29, 0.717) is 18.0 Å². The SMILES string of the molecule is C=CCN(CCCCC)Cc1c(O)c(CCC)cc(O)c1CCC. The van der Waals surface area contributed by atoms with E-state index in [0.717, 1.165) is 61.9 Å². The van der Waals surface area contributed by atoms with Crippen LogP contribution in [0.2, 0.25) is 0 Å². The van der Waals surface area contributed by atoms with Gasteiger partial charge < -0.3 is 10.2 Å². The predicted octanol–water partition coefficient (Wildman–Crippen LogP) is 5.18. The van der Waals surface area contributed by atoms with Crippen molar-refractivity contribution in [3.63, 3.8) is 0 Å². The van der Waals surface area contributed by atoms with Crippen molar-refractivity contribution in [3.8, 4) is 11.5 Å². The molecule has 0 saturated heterocycles. The van der Waals surface area contributed by atoms with E-state index < -0.39 is 0 Å². The lowest BCUT2D eigenvalue weighted by atomic mass is 9.95. The molecule has 0 heterocycles. The average Bonchev–Trinajstić information content (AvgIpc) is 2.56. The predicted molar refractivity (Wildman–Crippen MR) is 103 cm³/mol. The van der Waals surface area contributed by atoms with Crippen LogP contribution in [0.3, 0.4) is 0 Å². The van der Waals surface area contributed by atoms with Crippen molar-refractivity contribution >= 4 is 0 Å². The van der Waals surface area contributed by atoms with E-state index in [9.17, 15) is 10.2 Å².